The van der Waals surface area contributed by atoms with E-state index in [-0.39, 0.29) is 0 Å². The topological polar surface area (TPSA) is 12.5 Å². The van der Waals surface area contributed by atoms with Gasteiger partial charge < -0.3 is 9.64 Å². The van der Waals surface area contributed by atoms with Crippen LogP contribution < -0.4 is 0 Å². The summed E-state index contributed by atoms with van der Waals surface area (Å²) in [5, 5.41) is 0. The first kappa shape index (κ1) is 11.7. The van der Waals surface area contributed by atoms with E-state index in [1.807, 2.05) is 6.08 Å². The summed E-state index contributed by atoms with van der Waals surface area (Å²) in [5.41, 5.74) is 1.93. The Bertz CT molecular complexity index is 298. The van der Waals surface area contributed by atoms with Gasteiger partial charge in [0.05, 0.1) is 12.4 Å². The van der Waals surface area contributed by atoms with E-state index in [2.05, 4.69) is 25.5 Å². The number of hydrogen-bond acceptors (Lipinski definition) is 2. The predicted molar refractivity (Wildman–Crippen MR) is 67.2 cm³/mol. The Kier molecular flexibility index (Phi) is 3.38. The van der Waals surface area contributed by atoms with Crippen molar-refractivity contribution in [3.8, 4) is 0 Å². The number of ether oxygens (including phenoxy) is 1. The van der Waals surface area contributed by atoms with Crippen molar-refractivity contribution in [1.29, 1.82) is 0 Å². The van der Waals surface area contributed by atoms with Gasteiger partial charge in [-0.05, 0) is 58.3 Å². The van der Waals surface area contributed by atoms with Crippen LogP contribution in [0.4, 0.5) is 0 Å². The quantitative estimate of drug-likeness (QED) is 0.679. The highest BCUT2D eigenvalue weighted by Gasteiger charge is 2.42. The van der Waals surface area contributed by atoms with Crippen molar-refractivity contribution in [2.24, 2.45) is 5.41 Å². The number of hydrogen-bond donors (Lipinski definition) is 0. The van der Waals surface area contributed by atoms with Gasteiger partial charge >= 0.3 is 0 Å². The van der Waals surface area contributed by atoms with Crippen molar-refractivity contribution in [3.05, 3.63) is 24.0 Å². The molecule has 1 fully saturated rings. The molecular formula is C14H23NO. The van der Waals surface area contributed by atoms with Gasteiger partial charge in [-0.3, -0.25) is 0 Å². The molecule has 0 saturated carbocycles. The highest BCUT2D eigenvalue weighted by atomic mass is 16.5. The minimum atomic E-state index is 0.361. The standard InChI is InChI=1S/C14H23NO/c1-4-5-6-13-12(2)16-11-14(13)7-9-15(3)10-8-14/h4H,1,5-11H2,2-3H3. The molecule has 0 aromatic carbocycles. The Morgan fingerprint density at radius 2 is 2.12 bits per heavy atom. The number of likely N-dealkylation sites (tertiary alicyclic amines) is 1. The summed E-state index contributed by atoms with van der Waals surface area (Å²) in [6.45, 7) is 9.27. The molecule has 1 spiro atoms. The zero-order chi connectivity index (χ0) is 11.6. The summed E-state index contributed by atoms with van der Waals surface area (Å²) < 4.78 is 5.82. The molecule has 90 valence electrons. The molecule has 0 atom stereocenters. The highest BCUT2D eigenvalue weighted by Crippen LogP contribution is 2.46. The third kappa shape index (κ3) is 2.03. The van der Waals surface area contributed by atoms with Crippen molar-refractivity contribution >= 4 is 0 Å². The fraction of sp³-hybridized carbons (Fsp3) is 0.714. The van der Waals surface area contributed by atoms with Crippen LogP contribution >= 0.6 is 0 Å². The van der Waals surface area contributed by atoms with Crippen LogP contribution in [-0.2, 0) is 4.74 Å². The molecule has 2 aliphatic rings. The van der Waals surface area contributed by atoms with E-state index in [0.29, 0.717) is 5.41 Å². The van der Waals surface area contributed by atoms with Crippen LogP contribution in [0.3, 0.4) is 0 Å². The predicted octanol–water partition coefficient (Wildman–Crippen LogP) is 2.97. The van der Waals surface area contributed by atoms with E-state index in [1.54, 1.807) is 5.57 Å². The Labute approximate surface area is 99.0 Å². The van der Waals surface area contributed by atoms with Gasteiger partial charge in [-0.25, -0.2) is 0 Å². The van der Waals surface area contributed by atoms with Crippen LogP contribution in [0.15, 0.2) is 24.0 Å². The lowest BCUT2D eigenvalue weighted by Crippen LogP contribution is -2.39. The molecule has 0 radical (unpaired) electrons. The maximum atomic E-state index is 5.82. The second kappa shape index (κ2) is 4.62. The Morgan fingerprint density at radius 1 is 1.44 bits per heavy atom. The molecule has 2 nitrogen and oxygen atoms in total. The smallest absolute Gasteiger partial charge is 0.0972 e. The molecule has 0 aliphatic carbocycles. The van der Waals surface area contributed by atoms with Crippen LogP contribution in [0.2, 0.25) is 0 Å². The fourth-order valence-electron chi connectivity index (χ4n) is 2.97. The molecule has 0 unspecified atom stereocenters. The Morgan fingerprint density at radius 3 is 2.75 bits per heavy atom. The summed E-state index contributed by atoms with van der Waals surface area (Å²) >= 11 is 0. The summed E-state index contributed by atoms with van der Waals surface area (Å²) in [6.07, 6.45) is 6.74. The van der Waals surface area contributed by atoms with E-state index in [0.717, 1.165) is 19.4 Å². The normalized spacial score (nSPS) is 24.9. The van der Waals surface area contributed by atoms with Crippen molar-refractivity contribution in [3.63, 3.8) is 0 Å². The van der Waals surface area contributed by atoms with Gasteiger partial charge in [0.1, 0.15) is 0 Å². The van der Waals surface area contributed by atoms with Crippen LogP contribution in [0.25, 0.3) is 0 Å². The van der Waals surface area contributed by atoms with Crippen LogP contribution in [-0.4, -0.2) is 31.6 Å². The summed E-state index contributed by atoms with van der Waals surface area (Å²) in [7, 11) is 2.21. The molecule has 0 N–H and O–H groups in total. The second-order valence-electron chi connectivity index (χ2n) is 5.23. The lowest BCUT2D eigenvalue weighted by Gasteiger charge is -2.38. The van der Waals surface area contributed by atoms with Crippen LogP contribution in [0, 0.1) is 5.41 Å². The van der Waals surface area contributed by atoms with Crippen molar-refractivity contribution in [2.75, 3.05) is 26.7 Å². The molecular weight excluding hydrogens is 198 g/mol. The van der Waals surface area contributed by atoms with Gasteiger partial charge in [0.2, 0.25) is 0 Å². The maximum absolute atomic E-state index is 5.82. The maximum Gasteiger partial charge on any atom is 0.0972 e. The van der Waals surface area contributed by atoms with E-state index in [9.17, 15) is 0 Å². The number of rotatable bonds is 3. The van der Waals surface area contributed by atoms with Crippen molar-refractivity contribution in [2.45, 2.75) is 32.6 Å². The lowest BCUT2D eigenvalue weighted by atomic mass is 9.72. The SMILES string of the molecule is C=CCCC1=C(C)OCC12CCN(C)CC2. The molecule has 2 heterocycles. The van der Waals surface area contributed by atoms with Gasteiger partial charge in [0, 0.05) is 5.41 Å². The van der Waals surface area contributed by atoms with Crippen molar-refractivity contribution in [1.82, 2.24) is 4.90 Å². The first-order valence-electron chi connectivity index (χ1n) is 6.30. The van der Waals surface area contributed by atoms with E-state index in [1.165, 1.54) is 31.7 Å². The first-order valence-corrected chi connectivity index (χ1v) is 6.30. The number of piperidine rings is 1. The first-order chi connectivity index (χ1) is 7.68. The summed E-state index contributed by atoms with van der Waals surface area (Å²) in [5.74, 6) is 1.19. The zero-order valence-electron chi connectivity index (χ0n) is 10.6. The molecule has 0 aromatic heterocycles. The second-order valence-corrected chi connectivity index (χ2v) is 5.23. The van der Waals surface area contributed by atoms with Crippen LogP contribution in [0.1, 0.15) is 32.6 Å². The van der Waals surface area contributed by atoms with Gasteiger partial charge in [-0.1, -0.05) is 6.08 Å². The Balaban J connectivity index is 2.11. The van der Waals surface area contributed by atoms with Gasteiger partial charge in [0.25, 0.3) is 0 Å². The molecule has 2 heteroatoms. The molecule has 2 rings (SSSR count). The van der Waals surface area contributed by atoms with Crippen molar-refractivity contribution < 1.29 is 4.74 Å². The van der Waals surface area contributed by atoms with E-state index in [4.69, 9.17) is 4.74 Å². The van der Waals surface area contributed by atoms with Gasteiger partial charge in [-0.2, -0.15) is 0 Å². The highest BCUT2D eigenvalue weighted by molar-refractivity contribution is 5.24. The monoisotopic (exact) mass is 221 g/mol. The zero-order valence-corrected chi connectivity index (χ0v) is 10.6. The van der Waals surface area contributed by atoms with Crippen LogP contribution in [0.5, 0.6) is 0 Å². The van der Waals surface area contributed by atoms with E-state index < -0.39 is 0 Å². The molecule has 1 saturated heterocycles. The minimum absolute atomic E-state index is 0.361. The minimum Gasteiger partial charge on any atom is -0.497 e. The number of allylic oxidation sites excluding steroid dienone is 2. The third-order valence-corrected chi connectivity index (χ3v) is 4.17. The molecule has 0 bridgehead atoms. The largest absolute Gasteiger partial charge is 0.497 e. The summed E-state index contributed by atoms with van der Waals surface area (Å²) in [6, 6.07) is 0. The number of nitrogens with zero attached hydrogens (tertiary/aromatic N) is 1. The molecule has 2 aliphatic heterocycles. The lowest BCUT2D eigenvalue weighted by molar-refractivity contribution is 0.0962. The van der Waals surface area contributed by atoms with Gasteiger partial charge in [-0.15, -0.1) is 6.58 Å². The average molecular weight is 221 g/mol. The van der Waals surface area contributed by atoms with Gasteiger partial charge in [0.15, 0.2) is 0 Å². The molecule has 0 aromatic rings. The fourth-order valence-corrected chi connectivity index (χ4v) is 2.97. The molecule has 0 amide bonds. The average Bonchev–Trinajstić information content (AvgIpc) is 2.58. The molecule has 16 heavy (non-hydrogen) atoms. The van der Waals surface area contributed by atoms with E-state index >= 15 is 0 Å². The summed E-state index contributed by atoms with van der Waals surface area (Å²) in [4.78, 5) is 2.42. The third-order valence-electron chi connectivity index (χ3n) is 4.17. The Hall–Kier alpha value is -0.760.